The van der Waals surface area contributed by atoms with Gasteiger partial charge in [0.15, 0.2) is 0 Å². The van der Waals surface area contributed by atoms with Crippen molar-refractivity contribution >= 4 is 11.3 Å². The quantitative estimate of drug-likeness (QED) is 0.329. The van der Waals surface area contributed by atoms with E-state index in [0.29, 0.717) is 17.5 Å². The number of piperazine rings is 1. The van der Waals surface area contributed by atoms with Gasteiger partial charge in [0, 0.05) is 98.9 Å². The van der Waals surface area contributed by atoms with Crippen molar-refractivity contribution in [2.75, 3.05) is 51.3 Å². The fraction of sp³-hybridized carbons (Fsp3) is 0.300. The Morgan fingerprint density at radius 2 is 1.80 bits per heavy atom. The molecule has 0 spiro atoms. The van der Waals surface area contributed by atoms with Crippen LogP contribution in [0.5, 0.6) is 5.88 Å². The Bertz CT molecular complexity index is 1710. The van der Waals surface area contributed by atoms with Gasteiger partial charge in [0.05, 0.1) is 36.6 Å². The maximum atomic E-state index is 9.77. The van der Waals surface area contributed by atoms with Gasteiger partial charge in [0.25, 0.3) is 0 Å². The van der Waals surface area contributed by atoms with Crippen LogP contribution in [0, 0.1) is 11.3 Å². The molecule has 0 bridgehead atoms. The van der Waals surface area contributed by atoms with Gasteiger partial charge in [-0.25, -0.2) is 14.5 Å². The van der Waals surface area contributed by atoms with Gasteiger partial charge in [-0.1, -0.05) is 6.07 Å². The number of hydrogen-bond acceptors (Lipinski definition) is 9. The van der Waals surface area contributed by atoms with Gasteiger partial charge in [-0.2, -0.15) is 15.5 Å². The summed E-state index contributed by atoms with van der Waals surface area (Å²) >= 11 is 0. The normalized spacial score (nSPS) is 16.0. The first-order chi connectivity index (χ1) is 20.2. The number of hydrogen-bond donors (Lipinski definition) is 1. The fourth-order valence-corrected chi connectivity index (χ4v) is 5.48. The van der Waals surface area contributed by atoms with Crippen molar-refractivity contribution < 1.29 is 4.74 Å². The molecule has 2 aliphatic rings. The van der Waals surface area contributed by atoms with Crippen LogP contribution >= 0.6 is 0 Å². The summed E-state index contributed by atoms with van der Waals surface area (Å²) in [5, 5.41) is 22.1. The average molecular weight is 547 g/mol. The van der Waals surface area contributed by atoms with E-state index in [2.05, 4.69) is 66.8 Å². The van der Waals surface area contributed by atoms with Gasteiger partial charge in [-0.15, -0.1) is 0 Å². The summed E-state index contributed by atoms with van der Waals surface area (Å²) in [7, 11) is 1.63. The van der Waals surface area contributed by atoms with E-state index in [1.807, 2.05) is 35.5 Å². The average Bonchev–Trinajstić information content (AvgIpc) is 3.64. The summed E-state index contributed by atoms with van der Waals surface area (Å²) in [4.78, 5) is 13.9. The Balaban J connectivity index is 1.10. The zero-order valence-corrected chi connectivity index (χ0v) is 22.8. The standard InChI is InChI=1S/C30H30N10O/c1-41-29-5-2-21(12-34-29)18-37-6-8-38(9-7-37)28-4-3-22(13-33-28)27-10-23(19-40-30(27)24(11-31)14-36-40)25-15-35-39(20-25)26-16-32-17-26/h2-5,10,12-15,19-20,26,32H,6-9,16-18H2,1H3. The second-order valence-electron chi connectivity index (χ2n) is 10.5. The van der Waals surface area contributed by atoms with Crippen molar-refractivity contribution in [3.05, 3.63) is 78.6 Å². The van der Waals surface area contributed by atoms with E-state index in [0.717, 1.165) is 79.4 Å². The zero-order valence-electron chi connectivity index (χ0n) is 22.8. The van der Waals surface area contributed by atoms with Gasteiger partial charge in [0.1, 0.15) is 11.9 Å². The minimum absolute atomic E-state index is 0.389. The third-order valence-electron chi connectivity index (χ3n) is 7.97. The summed E-state index contributed by atoms with van der Waals surface area (Å²) in [6.45, 7) is 6.43. The van der Waals surface area contributed by atoms with E-state index < -0.39 is 0 Å². The van der Waals surface area contributed by atoms with Crippen LogP contribution < -0.4 is 15.0 Å². The number of anilines is 1. The van der Waals surface area contributed by atoms with Gasteiger partial charge >= 0.3 is 0 Å². The topological polar surface area (TPSA) is 112 Å². The number of aromatic nitrogens is 6. The Labute approximate surface area is 237 Å². The van der Waals surface area contributed by atoms with Crippen molar-refractivity contribution in [1.82, 2.24) is 39.6 Å². The summed E-state index contributed by atoms with van der Waals surface area (Å²) in [5.74, 6) is 1.59. The largest absolute Gasteiger partial charge is 0.481 e. The second kappa shape index (κ2) is 10.6. The lowest BCUT2D eigenvalue weighted by Crippen LogP contribution is -2.46. The Hall–Kier alpha value is -4.79. The molecule has 5 aromatic rings. The molecule has 206 valence electrons. The smallest absolute Gasteiger partial charge is 0.212 e. The van der Waals surface area contributed by atoms with Crippen molar-refractivity contribution in [1.29, 1.82) is 5.26 Å². The molecule has 2 saturated heterocycles. The number of pyridine rings is 3. The third kappa shape index (κ3) is 4.88. The van der Waals surface area contributed by atoms with E-state index in [4.69, 9.17) is 9.72 Å². The number of nitrogens with zero attached hydrogens (tertiary/aromatic N) is 9. The molecule has 5 aromatic heterocycles. The van der Waals surface area contributed by atoms with Crippen LogP contribution in [0.4, 0.5) is 5.82 Å². The predicted molar refractivity (Wildman–Crippen MR) is 155 cm³/mol. The Morgan fingerprint density at radius 1 is 0.927 bits per heavy atom. The number of fused-ring (bicyclic) bond motifs is 1. The molecule has 0 aliphatic carbocycles. The second-order valence-corrected chi connectivity index (χ2v) is 10.5. The van der Waals surface area contributed by atoms with Crippen LogP contribution in [0.15, 0.2) is 67.5 Å². The highest BCUT2D eigenvalue weighted by atomic mass is 16.5. The number of methoxy groups -OCH3 is 1. The molecule has 2 fully saturated rings. The van der Waals surface area contributed by atoms with Crippen LogP contribution in [-0.2, 0) is 6.54 Å². The highest BCUT2D eigenvalue weighted by Gasteiger charge is 2.22. The van der Waals surface area contributed by atoms with Crippen LogP contribution in [0.1, 0.15) is 17.2 Å². The highest BCUT2D eigenvalue weighted by Crippen LogP contribution is 2.33. The number of rotatable bonds is 7. The molecule has 7 rings (SSSR count). The molecule has 0 atom stereocenters. The minimum Gasteiger partial charge on any atom is -0.481 e. The maximum Gasteiger partial charge on any atom is 0.212 e. The molecule has 0 unspecified atom stereocenters. The number of nitriles is 1. The fourth-order valence-electron chi connectivity index (χ4n) is 5.48. The van der Waals surface area contributed by atoms with Gasteiger partial charge in [-0.3, -0.25) is 9.58 Å². The summed E-state index contributed by atoms with van der Waals surface area (Å²) < 4.78 is 8.97. The van der Waals surface area contributed by atoms with Gasteiger partial charge < -0.3 is 15.0 Å². The minimum atomic E-state index is 0.389. The molecule has 41 heavy (non-hydrogen) atoms. The van der Waals surface area contributed by atoms with E-state index in [1.54, 1.807) is 17.8 Å². The van der Waals surface area contributed by atoms with Gasteiger partial charge in [-0.05, 0) is 23.8 Å². The first kappa shape index (κ1) is 25.2. The third-order valence-corrected chi connectivity index (χ3v) is 7.97. The number of nitrogens with one attached hydrogen (secondary N) is 1. The molecule has 0 amide bonds. The first-order valence-electron chi connectivity index (χ1n) is 13.8. The maximum absolute atomic E-state index is 9.77. The number of ether oxygens (including phenoxy) is 1. The van der Waals surface area contributed by atoms with Crippen molar-refractivity contribution in [3.63, 3.8) is 0 Å². The van der Waals surface area contributed by atoms with Gasteiger partial charge in [0.2, 0.25) is 5.88 Å². The molecule has 11 heteroatoms. The van der Waals surface area contributed by atoms with E-state index >= 15 is 0 Å². The van der Waals surface area contributed by atoms with Crippen molar-refractivity contribution in [2.24, 2.45) is 0 Å². The van der Waals surface area contributed by atoms with E-state index in [1.165, 1.54) is 5.56 Å². The summed E-state index contributed by atoms with van der Waals surface area (Å²) in [6, 6.07) is 12.9. The van der Waals surface area contributed by atoms with Crippen molar-refractivity contribution in [2.45, 2.75) is 12.6 Å². The van der Waals surface area contributed by atoms with Crippen LogP contribution in [0.2, 0.25) is 0 Å². The molecule has 0 aromatic carbocycles. The SMILES string of the molecule is COc1ccc(CN2CCN(c3ccc(-c4cc(-c5cnn(C6CNC6)c5)cn5ncc(C#N)c45)cn3)CC2)cn1. The lowest BCUT2D eigenvalue weighted by molar-refractivity contribution is 0.249. The lowest BCUT2D eigenvalue weighted by atomic mass is 10.0. The molecular weight excluding hydrogens is 516 g/mol. The molecule has 2 aliphatic heterocycles. The summed E-state index contributed by atoms with van der Waals surface area (Å²) in [5.41, 5.74) is 6.37. The predicted octanol–water partition coefficient (Wildman–Crippen LogP) is 3.00. The Kier molecular flexibility index (Phi) is 6.54. The van der Waals surface area contributed by atoms with E-state index in [-0.39, 0.29) is 0 Å². The van der Waals surface area contributed by atoms with Crippen LogP contribution in [0.3, 0.4) is 0 Å². The monoisotopic (exact) mass is 546 g/mol. The summed E-state index contributed by atoms with van der Waals surface area (Å²) in [6.07, 6.45) is 11.3. The van der Waals surface area contributed by atoms with Crippen molar-refractivity contribution in [3.8, 4) is 34.2 Å². The van der Waals surface area contributed by atoms with Crippen LogP contribution in [-0.4, -0.2) is 80.6 Å². The molecule has 0 radical (unpaired) electrons. The highest BCUT2D eigenvalue weighted by molar-refractivity contribution is 5.87. The van der Waals surface area contributed by atoms with E-state index in [9.17, 15) is 5.26 Å². The molecule has 1 N–H and O–H groups in total. The zero-order chi connectivity index (χ0) is 27.8. The molecule has 7 heterocycles. The lowest BCUT2D eigenvalue weighted by Gasteiger charge is -2.35. The van der Waals surface area contributed by atoms with Crippen LogP contribution in [0.25, 0.3) is 27.8 Å². The Morgan fingerprint density at radius 3 is 2.49 bits per heavy atom. The first-order valence-corrected chi connectivity index (χ1v) is 13.8. The molecular formula is C30H30N10O. The molecule has 0 saturated carbocycles. The molecule has 11 nitrogen and oxygen atoms in total.